The minimum absolute atomic E-state index is 0.210. The van der Waals surface area contributed by atoms with Crippen molar-refractivity contribution in [3.05, 3.63) is 17.2 Å². The van der Waals surface area contributed by atoms with Crippen molar-refractivity contribution >= 4 is 5.97 Å². The van der Waals surface area contributed by atoms with Crippen LogP contribution in [0.15, 0.2) is 0 Å². The van der Waals surface area contributed by atoms with Crippen molar-refractivity contribution in [1.82, 2.24) is 9.55 Å². The monoisotopic (exact) mass is 194 g/mol. The Morgan fingerprint density at radius 2 is 2.29 bits per heavy atom. The fourth-order valence-corrected chi connectivity index (χ4v) is 1.83. The number of aromatic nitrogens is 2. The minimum atomic E-state index is -0.917. The van der Waals surface area contributed by atoms with Crippen LogP contribution in [-0.2, 0) is 6.42 Å². The highest BCUT2D eigenvalue weighted by Crippen LogP contribution is 2.37. The molecule has 1 aliphatic carbocycles. The number of nitrogens with zero attached hydrogens (tertiary/aromatic N) is 2. The molecule has 0 spiro atoms. The van der Waals surface area contributed by atoms with Gasteiger partial charge < -0.3 is 9.67 Å². The van der Waals surface area contributed by atoms with Crippen molar-refractivity contribution in [1.29, 1.82) is 0 Å². The number of rotatable bonds is 3. The zero-order valence-electron chi connectivity index (χ0n) is 8.45. The summed E-state index contributed by atoms with van der Waals surface area (Å²) in [5.41, 5.74) is 1.93. The molecule has 0 aliphatic heterocycles. The van der Waals surface area contributed by atoms with E-state index in [2.05, 4.69) is 4.98 Å². The molecular weight excluding hydrogens is 180 g/mol. The van der Waals surface area contributed by atoms with Crippen molar-refractivity contribution in [3.8, 4) is 0 Å². The van der Waals surface area contributed by atoms with E-state index in [1.165, 1.54) is 0 Å². The van der Waals surface area contributed by atoms with Crippen LogP contribution in [0.2, 0.25) is 0 Å². The van der Waals surface area contributed by atoms with E-state index in [0.717, 1.165) is 30.7 Å². The maximum Gasteiger partial charge on any atom is 0.372 e. The largest absolute Gasteiger partial charge is 0.475 e. The number of imidazole rings is 1. The lowest BCUT2D eigenvalue weighted by atomic mass is 10.3. The minimum Gasteiger partial charge on any atom is -0.475 e. The summed E-state index contributed by atoms with van der Waals surface area (Å²) in [5, 5.41) is 8.99. The number of aromatic carboxylic acids is 1. The number of aryl methyl sites for hydroxylation is 1. The van der Waals surface area contributed by atoms with Gasteiger partial charge in [0.15, 0.2) is 0 Å². The number of hydrogen-bond acceptors (Lipinski definition) is 2. The average Bonchev–Trinajstić information content (AvgIpc) is 2.90. The summed E-state index contributed by atoms with van der Waals surface area (Å²) in [6.07, 6.45) is 2.97. The third-order valence-electron chi connectivity index (χ3n) is 2.69. The Morgan fingerprint density at radius 3 is 2.71 bits per heavy atom. The Bertz CT molecular complexity index is 378. The smallest absolute Gasteiger partial charge is 0.372 e. The molecule has 0 amide bonds. The Hall–Kier alpha value is -1.32. The van der Waals surface area contributed by atoms with Crippen molar-refractivity contribution < 1.29 is 9.90 Å². The molecule has 0 unspecified atom stereocenters. The van der Waals surface area contributed by atoms with Crippen LogP contribution in [0.3, 0.4) is 0 Å². The van der Waals surface area contributed by atoms with Crippen molar-refractivity contribution in [3.63, 3.8) is 0 Å². The van der Waals surface area contributed by atoms with Gasteiger partial charge in [-0.25, -0.2) is 9.78 Å². The molecule has 1 N–H and O–H groups in total. The lowest BCUT2D eigenvalue weighted by Gasteiger charge is -2.04. The first-order valence-corrected chi connectivity index (χ1v) is 4.96. The average molecular weight is 194 g/mol. The summed E-state index contributed by atoms with van der Waals surface area (Å²) < 4.78 is 1.88. The van der Waals surface area contributed by atoms with Gasteiger partial charge in [-0.15, -0.1) is 0 Å². The first-order valence-electron chi connectivity index (χ1n) is 4.96. The maximum absolute atomic E-state index is 11.0. The van der Waals surface area contributed by atoms with Gasteiger partial charge in [0.1, 0.15) is 0 Å². The summed E-state index contributed by atoms with van der Waals surface area (Å²) in [7, 11) is 0. The predicted octanol–water partition coefficient (Wildman–Crippen LogP) is 1.79. The SMILES string of the molecule is CCc1nc(C(=O)O)n(C2CC2)c1C. The standard InChI is InChI=1S/C10H14N2O2/c1-3-8-6(2)12(7-4-5-7)9(11-8)10(13)14/h7H,3-5H2,1-2H3,(H,13,14). The lowest BCUT2D eigenvalue weighted by Crippen LogP contribution is -2.09. The molecule has 0 bridgehead atoms. The molecule has 14 heavy (non-hydrogen) atoms. The second kappa shape index (κ2) is 3.12. The summed E-state index contributed by atoms with van der Waals surface area (Å²) in [5.74, 6) is -0.707. The van der Waals surface area contributed by atoms with Crippen molar-refractivity contribution in [2.45, 2.75) is 39.2 Å². The topological polar surface area (TPSA) is 55.1 Å². The van der Waals surface area contributed by atoms with Gasteiger partial charge in [-0.05, 0) is 26.2 Å². The molecule has 76 valence electrons. The van der Waals surface area contributed by atoms with E-state index >= 15 is 0 Å². The van der Waals surface area contributed by atoms with Gasteiger partial charge in [0, 0.05) is 11.7 Å². The molecule has 1 saturated carbocycles. The Labute approximate surface area is 82.6 Å². The highest BCUT2D eigenvalue weighted by atomic mass is 16.4. The molecule has 2 rings (SSSR count). The van der Waals surface area contributed by atoms with Gasteiger partial charge >= 0.3 is 5.97 Å². The van der Waals surface area contributed by atoms with Crippen LogP contribution in [0.1, 0.15) is 47.8 Å². The first kappa shape index (κ1) is 9.24. The molecule has 4 heteroatoms. The molecular formula is C10H14N2O2. The molecule has 1 aromatic heterocycles. The molecule has 1 aliphatic rings. The zero-order chi connectivity index (χ0) is 10.3. The summed E-state index contributed by atoms with van der Waals surface area (Å²) >= 11 is 0. The second-order valence-electron chi connectivity index (χ2n) is 3.73. The first-order chi connectivity index (χ1) is 6.65. The van der Waals surface area contributed by atoms with Crippen LogP contribution in [0.4, 0.5) is 0 Å². The fourth-order valence-electron chi connectivity index (χ4n) is 1.83. The van der Waals surface area contributed by atoms with E-state index < -0.39 is 5.97 Å². The van der Waals surface area contributed by atoms with E-state index in [4.69, 9.17) is 5.11 Å². The van der Waals surface area contributed by atoms with E-state index in [-0.39, 0.29) is 5.82 Å². The molecule has 0 radical (unpaired) electrons. The van der Waals surface area contributed by atoms with Crippen LogP contribution >= 0.6 is 0 Å². The van der Waals surface area contributed by atoms with Crippen LogP contribution in [0, 0.1) is 6.92 Å². The second-order valence-corrected chi connectivity index (χ2v) is 3.73. The fraction of sp³-hybridized carbons (Fsp3) is 0.600. The molecule has 0 saturated heterocycles. The molecule has 4 nitrogen and oxygen atoms in total. The molecule has 1 fully saturated rings. The van der Waals surface area contributed by atoms with Gasteiger partial charge in [0.25, 0.3) is 0 Å². The number of carboxylic acids is 1. The van der Waals surface area contributed by atoms with Gasteiger partial charge in [-0.3, -0.25) is 0 Å². The number of carbonyl (C=O) groups is 1. The van der Waals surface area contributed by atoms with Gasteiger partial charge in [-0.2, -0.15) is 0 Å². The summed E-state index contributed by atoms with van der Waals surface area (Å²) in [6.45, 7) is 3.95. The van der Waals surface area contributed by atoms with Crippen molar-refractivity contribution in [2.75, 3.05) is 0 Å². The Kier molecular flexibility index (Phi) is 2.06. The van der Waals surface area contributed by atoms with E-state index in [1.807, 2.05) is 18.4 Å². The third-order valence-corrected chi connectivity index (χ3v) is 2.69. The van der Waals surface area contributed by atoms with Crippen LogP contribution in [-0.4, -0.2) is 20.6 Å². The van der Waals surface area contributed by atoms with Crippen LogP contribution in [0.25, 0.3) is 0 Å². The predicted molar refractivity (Wildman–Crippen MR) is 51.6 cm³/mol. The normalized spacial score (nSPS) is 15.9. The van der Waals surface area contributed by atoms with Gasteiger partial charge in [0.05, 0.1) is 5.69 Å². The van der Waals surface area contributed by atoms with Gasteiger partial charge in [0.2, 0.25) is 5.82 Å². The highest BCUT2D eigenvalue weighted by Gasteiger charge is 2.30. The van der Waals surface area contributed by atoms with Crippen molar-refractivity contribution in [2.24, 2.45) is 0 Å². The molecule has 0 atom stereocenters. The Morgan fingerprint density at radius 1 is 1.64 bits per heavy atom. The summed E-state index contributed by atoms with van der Waals surface area (Å²) in [6, 6.07) is 0.383. The molecule has 0 aromatic carbocycles. The quantitative estimate of drug-likeness (QED) is 0.798. The van der Waals surface area contributed by atoms with E-state index in [0.29, 0.717) is 6.04 Å². The number of hydrogen-bond donors (Lipinski definition) is 1. The third kappa shape index (κ3) is 1.31. The van der Waals surface area contributed by atoms with E-state index in [9.17, 15) is 4.79 Å². The van der Waals surface area contributed by atoms with Crippen LogP contribution < -0.4 is 0 Å². The summed E-state index contributed by atoms with van der Waals surface area (Å²) in [4.78, 5) is 15.1. The molecule has 1 heterocycles. The van der Waals surface area contributed by atoms with E-state index in [1.54, 1.807) is 0 Å². The van der Waals surface area contributed by atoms with Gasteiger partial charge in [-0.1, -0.05) is 6.92 Å². The molecule has 1 aromatic rings. The lowest BCUT2D eigenvalue weighted by molar-refractivity contribution is 0.0677. The Balaban J connectivity index is 2.51. The highest BCUT2D eigenvalue weighted by molar-refractivity contribution is 5.84. The zero-order valence-corrected chi connectivity index (χ0v) is 8.45. The number of carboxylic acid groups (broad SMARTS) is 1. The maximum atomic E-state index is 11.0. The van der Waals surface area contributed by atoms with Crippen LogP contribution in [0.5, 0.6) is 0 Å².